The van der Waals surface area contributed by atoms with E-state index in [1.165, 1.54) is 17.3 Å². The molecule has 0 bridgehead atoms. The minimum atomic E-state index is -1.20. The number of likely N-dealkylation sites (N-methyl/N-ethyl adjacent to an activating group) is 1. The fourth-order valence-corrected chi connectivity index (χ4v) is 3.60. The monoisotopic (exact) mass is 513 g/mol. The summed E-state index contributed by atoms with van der Waals surface area (Å²) >= 11 is 5.79. The minimum absolute atomic E-state index is 0.102. The van der Waals surface area contributed by atoms with Gasteiger partial charge in [-0.1, -0.05) is 24.3 Å². The van der Waals surface area contributed by atoms with Crippen LogP contribution in [0.15, 0.2) is 60.9 Å². The Balaban J connectivity index is 1.83. The number of carbonyl (C=O) groups is 3. The third-order valence-corrected chi connectivity index (χ3v) is 5.49. The van der Waals surface area contributed by atoms with Crippen molar-refractivity contribution in [2.75, 3.05) is 13.6 Å². The van der Waals surface area contributed by atoms with Gasteiger partial charge in [-0.2, -0.15) is 0 Å². The van der Waals surface area contributed by atoms with E-state index in [1.807, 2.05) is 0 Å². The number of carbonyl (C=O) groups excluding carboxylic acids is 2. The van der Waals surface area contributed by atoms with Gasteiger partial charge in [0.05, 0.1) is 11.5 Å². The lowest BCUT2D eigenvalue weighted by Gasteiger charge is -2.27. The van der Waals surface area contributed by atoms with Crippen molar-refractivity contribution < 1.29 is 29.0 Å². The average Bonchev–Trinajstić information content (AvgIpc) is 3.32. The fraction of sp³-hybridized carbons (Fsp3) is 0.308. The molecule has 0 aliphatic carbocycles. The van der Waals surface area contributed by atoms with Crippen molar-refractivity contribution in [3.63, 3.8) is 0 Å². The summed E-state index contributed by atoms with van der Waals surface area (Å²) in [5, 5.41) is 9.58. The van der Waals surface area contributed by atoms with Gasteiger partial charge in [0.25, 0.3) is 0 Å². The Kier molecular flexibility index (Phi) is 8.37. The highest BCUT2D eigenvalue weighted by atomic mass is 35.5. The number of benzene rings is 2. The number of alkyl halides is 1. The molecule has 1 aromatic heterocycles. The fourth-order valence-electron chi connectivity index (χ4n) is 3.42. The smallest absolute Gasteiger partial charge is 0.417 e. The van der Waals surface area contributed by atoms with Crippen LogP contribution in [-0.4, -0.2) is 56.9 Å². The van der Waals surface area contributed by atoms with Crippen LogP contribution in [0.2, 0.25) is 0 Å². The first-order valence-corrected chi connectivity index (χ1v) is 11.7. The number of nitrogens with zero attached hydrogens (tertiary/aromatic N) is 3. The Morgan fingerprint density at radius 2 is 1.72 bits per heavy atom. The molecule has 36 heavy (non-hydrogen) atoms. The topological polar surface area (TPSA) is 111 Å². The lowest BCUT2D eigenvalue weighted by atomic mass is 9.97. The number of rotatable bonds is 7. The van der Waals surface area contributed by atoms with Crippen LogP contribution >= 0.6 is 11.6 Å². The zero-order valence-electron chi connectivity index (χ0n) is 20.5. The number of hydrogen-bond donors (Lipinski definition) is 1. The van der Waals surface area contributed by atoms with E-state index in [0.29, 0.717) is 22.8 Å². The first-order valence-electron chi connectivity index (χ1n) is 11.2. The molecule has 190 valence electrons. The van der Waals surface area contributed by atoms with Crippen LogP contribution in [-0.2, 0) is 10.6 Å². The Morgan fingerprint density at radius 1 is 1.08 bits per heavy atom. The second kappa shape index (κ2) is 11.3. The van der Waals surface area contributed by atoms with Crippen molar-refractivity contribution in [1.82, 2.24) is 14.5 Å². The summed E-state index contributed by atoms with van der Waals surface area (Å²) in [6.45, 7) is 5.39. The van der Waals surface area contributed by atoms with Gasteiger partial charge in [-0.3, -0.25) is 0 Å². The summed E-state index contributed by atoms with van der Waals surface area (Å²) in [5.41, 5.74) is 1.26. The van der Waals surface area contributed by atoms with Crippen LogP contribution in [0.3, 0.4) is 0 Å². The molecule has 10 heteroatoms. The number of aromatic nitrogens is 2. The van der Waals surface area contributed by atoms with E-state index >= 15 is 0 Å². The van der Waals surface area contributed by atoms with Gasteiger partial charge in [-0.05, 0) is 56.2 Å². The summed E-state index contributed by atoms with van der Waals surface area (Å²) in [5.74, 6) is -0.220. The molecule has 1 N–H and O–H groups in total. The molecule has 1 heterocycles. The predicted octanol–water partition coefficient (Wildman–Crippen LogP) is 5.37. The van der Waals surface area contributed by atoms with E-state index in [9.17, 15) is 19.5 Å². The highest BCUT2D eigenvalue weighted by Crippen LogP contribution is 2.27. The summed E-state index contributed by atoms with van der Waals surface area (Å²) in [4.78, 5) is 42.4. The van der Waals surface area contributed by atoms with Crippen LogP contribution in [0, 0.1) is 0 Å². The van der Waals surface area contributed by atoms with Crippen molar-refractivity contribution in [2.24, 2.45) is 0 Å². The zero-order valence-corrected chi connectivity index (χ0v) is 21.2. The van der Waals surface area contributed by atoms with Gasteiger partial charge in [0.2, 0.25) is 0 Å². The summed E-state index contributed by atoms with van der Waals surface area (Å²) in [7, 11) is 1.57. The largest absolute Gasteiger partial charge is 0.464 e. The van der Waals surface area contributed by atoms with E-state index in [4.69, 9.17) is 21.1 Å². The molecule has 3 aromatic rings. The second-order valence-electron chi connectivity index (χ2n) is 9.14. The molecule has 0 saturated heterocycles. The van der Waals surface area contributed by atoms with E-state index < -0.39 is 29.7 Å². The Labute approximate surface area is 214 Å². The van der Waals surface area contributed by atoms with Crippen LogP contribution in [0.4, 0.5) is 9.59 Å². The van der Waals surface area contributed by atoms with Gasteiger partial charge in [0.1, 0.15) is 17.2 Å². The van der Waals surface area contributed by atoms with Gasteiger partial charge in [0.15, 0.2) is 0 Å². The highest BCUT2D eigenvalue weighted by Gasteiger charge is 2.27. The molecule has 1 atom stereocenters. The first-order chi connectivity index (χ1) is 17.0. The Morgan fingerprint density at radius 3 is 2.28 bits per heavy atom. The minimum Gasteiger partial charge on any atom is -0.464 e. The quantitative estimate of drug-likeness (QED) is 0.257. The van der Waals surface area contributed by atoms with Crippen molar-refractivity contribution in [3.8, 4) is 5.75 Å². The molecule has 0 fully saturated rings. The number of imidazole rings is 1. The standard InChI is InChI=1S/C26H28ClN3O6/c1-26(2,3)36-25(34)29(4)16-21(22-28-13-14-30(22)24(32)33)18-9-11-20(12-10-18)35-23(31)19-7-5-17(15-27)6-8-19/h5-14,21H,15-16H2,1-4H3,(H,32,33). The molecule has 0 saturated carbocycles. The van der Waals surface area contributed by atoms with Gasteiger partial charge in [-0.25, -0.2) is 23.9 Å². The molecule has 0 aliphatic rings. The molecule has 1 amide bonds. The van der Waals surface area contributed by atoms with Crippen LogP contribution in [0.1, 0.15) is 54.0 Å². The third-order valence-electron chi connectivity index (χ3n) is 5.19. The molecule has 2 aromatic carbocycles. The third kappa shape index (κ3) is 6.85. The molecule has 0 aliphatic heterocycles. The van der Waals surface area contributed by atoms with Crippen molar-refractivity contribution in [1.29, 1.82) is 0 Å². The number of ether oxygens (including phenoxy) is 2. The summed E-state index contributed by atoms with van der Waals surface area (Å²) < 4.78 is 11.9. The normalized spacial score (nSPS) is 12.0. The summed E-state index contributed by atoms with van der Waals surface area (Å²) in [6.07, 6.45) is 0.976. The molecular weight excluding hydrogens is 486 g/mol. The second-order valence-corrected chi connectivity index (χ2v) is 9.41. The lowest BCUT2D eigenvalue weighted by Crippen LogP contribution is -2.37. The van der Waals surface area contributed by atoms with E-state index in [1.54, 1.807) is 76.3 Å². The zero-order chi connectivity index (χ0) is 26.5. The SMILES string of the molecule is CN(CC(c1ccc(OC(=O)c2ccc(CCl)cc2)cc1)c1nccn1C(=O)O)C(=O)OC(C)(C)C. The van der Waals surface area contributed by atoms with Crippen molar-refractivity contribution >= 4 is 29.8 Å². The molecule has 3 rings (SSSR count). The maximum absolute atomic E-state index is 12.6. The predicted molar refractivity (Wildman–Crippen MR) is 134 cm³/mol. The molecule has 0 spiro atoms. The van der Waals surface area contributed by atoms with Crippen molar-refractivity contribution in [3.05, 3.63) is 83.4 Å². The molecular formula is C26H28ClN3O6. The molecule has 1 unspecified atom stereocenters. The lowest BCUT2D eigenvalue weighted by molar-refractivity contribution is 0.0292. The summed E-state index contributed by atoms with van der Waals surface area (Å²) in [6, 6.07) is 13.4. The maximum Gasteiger partial charge on any atom is 0.417 e. The van der Waals surface area contributed by atoms with E-state index in [0.717, 1.165) is 10.1 Å². The van der Waals surface area contributed by atoms with Gasteiger partial charge in [0, 0.05) is 31.9 Å². The van der Waals surface area contributed by atoms with Crippen LogP contribution < -0.4 is 4.74 Å². The van der Waals surface area contributed by atoms with Gasteiger partial charge >= 0.3 is 18.2 Å². The average molecular weight is 514 g/mol. The van der Waals surface area contributed by atoms with E-state index in [2.05, 4.69) is 4.98 Å². The number of esters is 1. The number of carboxylic acid groups (broad SMARTS) is 1. The number of hydrogen-bond acceptors (Lipinski definition) is 6. The van der Waals surface area contributed by atoms with Crippen LogP contribution in [0.5, 0.6) is 5.75 Å². The number of halogens is 1. The Bertz CT molecular complexity index is 1220. The maximum atomic E-state index is 12.6. The highest BCUT2D eigenvalue weighted by molar-refractivity contribution is 6.17. The Hall–Kier alpha value is -3.85. The number of amides is 1. The van der Waals surface area contributed by atoms with Gasteiger partial charge < -0.3 is 19.5 Å². The van der Waals surface area contributed by atoms with Gasteiger partial charge in [-0.15, -0.1) is 11.6 Å². The van der Waals surface area contributed by atoms with Crippen molar-refractivity contribution in [2.45, 2.75) is 38.2 Å². The van der Waals surface area contributed by atoms with E-state index in [-0.39, 0.29) is 12.4 Å². The molecule has 9 nitrogen and oxygen atoms in total. The first kappa shape index (κ1) is 26.7. The van der Waals surface area contributed by atoms with Crippen LogP contribution in [0.25, 0.3) is 0 Å². The molecule has 0 radical (unpaired) electrons.